The largest absolute Gasteiger partial charge is 0.383 e. The summed E-state index contributed by atoms with van der Waals surface area (Å²) in [5, 5.41) is 3.92. The molecule has 4 nitrogen and oxygen atoms in total. The van der Waals surface area contributed by atoms with Crippen LogP contribution in [-0.4, -0.2) is 41.3 Å². The SMILES string of the molecule is COCCn1ccnc1NCC(C)SC. The smallest absolute Gasteiger partial charge is 0.202 e. The molecule has 0 fully saturated rings. The van der Waals surface area contributed by atoms with E-state index in [9.17, 15) is 0 Å². The van der Waals surface area contributed by atoms with E-state index in [-0.39, 0.29) is 0 Å². The monoisotopic (exact) mass is 229 g/mol. The van der Waals surface area contributed by atoms with Crippen molar-refractivity contribution in [2.24, 2.45) is 0 Å². The number of hydrogen-bond donors (Lipinski definition) is 1. The first-order valence-corrected chi connectivity index (χ1v) is 6.33. The standard InChI is InChI=1S/C10H19N3OS/c1-9(15-3)8-12-10-11-4-5-13(10)6-7-14-2/h4-5,9H,6-8H2,1-3H3,(H,11,12). The van der Waals surface area contributed by atoms with E-state index in [1.807, 2.05) is 24.2 Å². The van der Waals surface area contributed by atoms with Crippen LogP contribution < -0.4 is 5.32 Å². The molecular formula is C10H19N3OS. The van der Waals surface area contributed by atoms with Gasteiger partial charge in [-0.2, -0.15) is 11.8 Å². The maximum atomic E-state index is 5.04. The number of nitrogens with one attached hydrogen (secondary N) is 1. The van der Waals surface area contributed by atoms with E-state index in [2.05, 4.69) is 28.0 Å². The summed E-state index contributed by atoms with van der Waals surface area (Å²) in [7, 11) is 1.71. The number of thioether (sulfide) groups is 1. The van der Waals surface area contributed by atoms with E-state index in [1.165, 1.54) is 0 Å². The van der Waals surface area contributed by atoms with E-state index < -0.39 is 0 Å². The topological polar surface area (TPSA) is 39.1 Å². The van der Waals surface area contributed by atoms with Crippen LogP contribution in [0.2, 0.25) is 0 Å². The summed E-state index contributed by atoms with van der Waals surface area (Å²) >= 11 is 1.85. The van der Waals surface area contributed by atoms with Crippen LogP contribution in [-0.2, 0) is 11.3 Å². The van der Waals surface area contributed by atoms with Gasteiger partial charge >= 0.3 is 0 Å². The molecule has 86 valence electrons. The molecule has 0 saturated heterocycles. The Morgan fingerprint density at radius 3 is 3.13 bits per heavy atom. The van der Waals surface area contributed by atoms with Crippen LogP contribution in [0.4, 0.5) is 5.95 Å². The number of imidazole rings is 1. The Morgan fingerprint density at radius 2 is 2.47 bits per heavy atom. The first kappa shape index (κ1) is 12.4. The van der Waals surface area contributed by atoms with E-state index in [0.717, 1.165) is 19.0 Å². The third-order valence-electron chi connectivity index (χ3n) is 2.20. The Morgan fingerprint density at radius 1 is 1.67 bits per heavy atom. The van der Waals surface area contributed by atoms with E-state index in [4.69, 9.17) is 4.74 Å². The van der Waals surface area contributed by atoms with Gasteiger partial charge in [0.05, 0.1) is 6.61 Å². The molecule has 1 heterocycles. The summed E-state index contributed by atoms with van der Waals surface area (Å²) in [6.45, 7) is 4.68. The summed E-state index contributed by atoms with van der Waals surface area (Å²) in [6, 6.07) is 0. The number of nitrogens with zero attached hydrogens (tertiary/aromatic N) is 2. The highest BCUT2D eigenvalue weighted by Crippen LogP contribution is 2.08. The quantitative estimate of drug-likeness (QED) is 0.772. The molecule has 0 aliphatic rings. The zero-order valence-electron chi connectivity index (χ0n) is 9.56. The minimum absolute atomic E-state index is 0.595. The molecule has 0 radical (unpaired) electrons. The maximum absolute atomic E-state index is 5.04. The highest BCUT2D eigenvalue weighted by atomic mass is 32.2. The number of aromatic nitrogens is 2. The fraction of sp³-hybridized carbons (Fsp3) is 0.700. The van der Waals surface area contributed by atoms with Crippen molar-refractivity contribution in [3.8, 4) is 0 Å². The third-order valence-corrected chi connectivity index (χ3v) is 3.17. The highest BCUT2D eigenvalue weighted by molar-refractivity contribution is 7.99. The van der Waals surface area contributed by atoms with Gasteiger partial charge in [-0.1, -0.05) is 6.92 Å². The minimum Gasteiger partial charge on any atom is -0.383 e. The number of rotatable bonds is 7. The molecule has 0 spiro atoms. The molecule has 1 N–H and O–H groups in total. The van der Waals surface area contributed by atoms with E-state index >= 15 is 0 Å². The van der Waals surface area contributed by atoms with Crippen LogP contribution in [0.5, 0.6) is 0 Å². The van der Waals surface area contributed by atoms with E-state index in [1.54, 1.807) is 7.11 Å². The first-order valence-electron chi connectivity index (χ1n) is 5.04. The van der Waals surface area contributed by atoms with Crippen LogP contribution in [0.3, 0.4) is 0 Å². The molecule has 15 heavy (non-hydrogen) atoms. The van der Waals surface area contributed by atoms with Gasteiger partial charge in [-0.15, -0.1) is 0 Å². The van der Waals surface area contributed by atoms with E-state index in [0.29, 0.717) is 11.9 Å². The molecule has 1 rings (SSSR count). The lowest BCUT2D eigenvalue weighted by Crippen LogP contribution is -2.16. The normalized spacial score (nSPS) is 12.7. The third kappa shape index (κ3) is 4.13. The van der Waals surface area contributed by atoms with Gasteiger partial charge in [0, 0.05) is 37.8 Å². The number of hydrogen-bond acceptors (Lipinski definition) is 4. The Bertz CT molecular complexity index is 277. The Hall–Kier alpha value is -0.680. The Balaban J connectivity index is 2.42. The molecule has 0 aliphatic carbocycles. The Kier molecular flexibility index (Phi) is 5.57. The van der Waals surface area contributed by atoms with Gasteiger partial charge < -0.3 is 14.6 Å². The van der Waals surface area contributed by atoms with Gasteiger partial charge in [0.25, 0.3) is 0 Å². The minimum atomic E-state index is 0.595. The maximum Gasteiger partial charge on any atom is 0.202 e. The van der Waals surface area contributed by atoms with Crippen molar-refractivity contribution in [3.63, 3.8) is 0 Å². The molecular weight excluding hydrogens is 210 g/mol. The molecule has 0 aliphatic heterocycles. The predicted octanol–water partition coefficient (Wildman–Crippen LogP) is 1.69. The lowest BCUT2D eigenvalue weighted by molar-refractivity contribution is 0.187. The Labute approximate surface area is 95.4 Å². The van der Waals surface area contributed by atoms with Crippen molar-refractivity contribution >= 4 is 17.7 Å². The van der Waals surface area contributed by atoms with Crippen LogP contribution in [0.1, 0.15) is 6.92 Å². The predicted molar refractivity (Wildman–Crippen MR) is 65.6 cm³/mol. The van der Waals surface area contributed by atoms with Crippen molar-refractivity contribution < 1.29 is 4.74 Å². The van der Waals surface area contributed by atoms with Gasteiger partial charge in [0.1, 0.15) is 0 Å². The lowest BCUT2D eigenvalue weighted by atomic mass is 10.5. The molecule has 1 atom stereocenters. The second-order valence-corrected chi connectivity index (χ2v) is 4.64. The number of ether oxygens (including phenoxy) is 1. The van der Waals surface area contributed by atoms with Crippen molar-refractivity contribution in [1.29, 1.82) is 0 Å². The summed E-state index contributed by atoms with van der Waals surface area (Å²) in [6.07, 6.45) is 5.89. The van der Waals surface area contributed by atoms with Crippen LogP contribution in [0.25, 0.3) is 0 Å². The van der Waals surface area contributed by atoms with Crippen molar-refractivity contribution in [3.05, 3.63) is 12.4 Å². The fourth-order valence-electron chi connectivity index (χ4n) is 1.16. The first-order chi connectivity index (χ1) is 7.27. The number of anilines is 1. The van der Waals surface area contributed by atoms with Crippen LogP contribution in [0.15, 0.2) is 12.4 Å². The van der Waals surface area contributed by atoms with Gasteiger partial charge in [-0.3, -0.25) is 0 Å². The summed E-state index contributed by atoms with van der Waals surface area (Å²) in [5.41, 5.74) is 0. The summed E-state index contributed by atoms with van der Waals surface area (Å²) < 4.78 is 7.10. The zero-order chi connectivity index (χ0) is 11.1. The molecule has 1 unspecified atom stereocenters. The molecule has 0 saturated carbocycles. The fourth-order valence-corrected chi connectivity index (χ4v) is 1.41. The molecule has 1 aromatic heterocycles. The average molecular weight is 229 g/mol. The van der Waals surface area contributed by atoms with Gasteiger partial charge in [0.15, 0.2) is 0 Å². The van der Waals surface area contributed by atoms with Crippen molar-refractivity contribution in [1.82, 2.24) is 9.55 Å². The molecule has 5 heteroatoms. The summed E-state index contributed by atoms with van der Waals surface area (Å²) in [4.78, 5) is 4.26. The van der Waals surface area contributed by atoms with Crippen LogP contribution >= 0.6 is 11.8 Å². The van der Waals surface area contributed by atoms with Crippen molar-refractivity contribution in [2.75, 3.05) is 31.8 Å². The second-order valence-electron chi connectivity index (χ2n) is 3.36. The van der Waals surface area contributed by atoms with Gasteiger partial charge in [0.2, 0.25) is 5.95 Å². The number of methoxy groups -OCH3 is 1. The van der Waals surface area contributed by atoms with Crippen LogP contribution in [0, 0.1) is 0 Å². The molecule has 0 bridgehead atoms. The van der Waals surface area contributed by atoms with Crippen molar-refractivity contribution in [2.45, 2.75) is 18.7 Å². The molecule has 0 aromatic carbocycles. The molecule has 1 aromatic rings. The average Bonchev–Trinajstić information content (AvgIpc) is 2.70. The highest BCUT2D eigenvalue weighted by Gasteiger charge is 2.03. The molecule has 0 amide bonds. The van der Waals surface area contributed by atoms with Gasteiger partial charge in [-0.05, 0) is 6.26 Å². The summed E-state index contributed by atoms with van der Waals surface area (Å²) in [5.74, 6) is 0.924. The zero-order valence-corrected chi connectivity index (χ0v) is 10.4. The second kappa shape index (κ2) is 6.74. The lowest BCUT2D eigenvalue weighted by Gasteiger charge is -2.12. The van der Waals surface area contributed by atoms with Gasteiger partial charge in [-0.25, -0.2) is 4.98 Å².